The van der Waals surface area contributed by atoms with Crippen molar-refractivity contribution in [2.45, 2.75) is 20.0 Å². The number of carbonyl (C=O) groups is 1. The van der Waals surface area contributed by atoms with E-state index in [0.717, 1.165) is 12.1 Å². The van der Waals surface area contributed by atoms with Crippen molar-refractivity contribution in [1.29, 1.82) is 0 Å². The number of halogens is 4. The summed E-state index contributed by atoms with van der Waals surface area (Å²) < 4.78 is 51.9. The Morgan fingerprint density at radius 2 is 1.77 bits per heavy atom. The Balaban J connectivity index is 2.28. The molecule has 1 amide bonds. The van der Waals surface area contributed by atoms with Crippen molar-refractivity contribution in [2.75, 3.05) is 5.32 Å². The molecule has 0 fully saturated rings. The zero-order valence-corrected chi connectivity index (χ0v) is 11.9. The Kier molecular flexibility index (Phi) is 4.21. The highest BCUT2D eigenvalue weighted by atomic mass is 19.4. The smallest absolute Gasteiger partial charge is 0.322 e. The SMILES string of the molecule is Cc1ccc(C(=O)Nc2cccc(C(F)(F)F)c2)c(F)c1C. The standard InChI is InChI=1S/C16H13F4NO/c1-9-6-7-13(14(17)10(9)2)15(22)21-12-5-3-4-11(8-12)16(18,19)20/h3-8H,1-2H3,(H,21,22). The predicted octanol–water partition coefficient (Wildman–Crippen LogP) is 4.71. The minimum atomic E-state index is -4.51. The van der Waals surface area contributed by atoms with Gasteiger partial charge in [-0.1, -0.05) is 12.1 Å². The lowest BCUT2D eigenvalue weighted by molar-refractivity contribution is -0.137. The quantitative estimate of drug-likeness (QED) is 0.799. The third kappa shape index (κ3) is 3.27. The maximum atomic E-state index is 14.0. The monoisotopic (exact) mass is 311 g/mol. The van der Waals surface area contributed by atoms with E-state index in [0.29, 0.717) is 11.1 Å². The van der Waals surface area contributed by atoms with E-state index in [1.54, 1.807) is 13.0 Å². The minimum Gasteiger partial charge on any atom is -0.322 e. The summed E-state index contributed by atoms with van der Waals surface area (Å²) in [4.78, 5) is 12.0. The van der Waals surface area contributed by atoms with E-state index in [2.05, 4.69) is 5.32 Å². The molecule has 0 bridgehead atoms. The topological polar surface area (TPSA) is 29.1 Å². The van der Waals surface area contributed by atoms with Crippen molar-refractivity contribution >= 4 is 11.6 Å². The lowest BCUT2D eigenvalue weighted by Crippen LogP contribution is -2.15. The number of alkyl halides is 3. The van der Waals surface area contributed by atoms with Gasteiger partial charge in [0.05, 0.1) is 11.1 Å². The van der Waals surface area contributed by atoms with Gasteiger partial charge >= 0.3 is 6.18 Å². The molecule has 2 rings (SSSR count). The maximum absolute atomic E-state index is 14.0. The summed E-state index contributed by atoms with van der Waals surface area (Å²) in [5, 5.41) is 2.28. The second-order valence-electron chi connectivity index (χ2n) is 4.90. The zero-order valence-electron chi connectivity index (χ0n) is 11.9. The summed E-state index contributed by atoms with van der Waals surface area (Å²) in [6.45, 7) is 3.23. The fourth-order valence-electron chi connectivity index (χ4n) is 1.93. The normalized spacial score (nSPS) is 11.4. The fraction of sp³-hybridized carbons (Fsp3) is 0.188. The van der Waals surface area contributed by atoms with Gasteiger partial charge < -0.3 is 5.32 Å². The molecule has 0 atom stereocenters. The highest BCUT2D eigenvalue weighted by Crippen LogP contribution is 2.30. The van der Waals surface area contributed by atoms with Crippen LogP contribution in [0.4, 0.5) is 23.2 Å². The van der Waals surface area contributed by atoms with Gasteiger partial charge in [0.1, 0.15) is 5.82 Å². The molecule has 0 aromatic heterocycles. The fourth-order valence-corrected chi connectivity index (χ4v) is 1.93. The molecule has 0 spiro atoms. The van der Waals surface area contributed by atoms with Crippen LogP contribution in [0, 0.1) is 19.7 Å². The van der Waals surface area contributed by atoms with E-state index in [1.165, 1.54) is 25.1 Å². The van der Waals surface area contributed by atoms with Crippen LogP contribution >= 0.6 is 0 Å². The molecule has 2 nitrogen and oxygen atoms in total. The van der Waals surface area contributed by atoms with E-state index < -0.39 is 23.5 Å². The molecule has 22 heavy (non-hydrogen) atoms. The Bertz CT molecular complexity index is 723. The van der Waals surface area contributed by atoms with Gasteiger partial charge in [-0.15, -0.1) is 0 Å². The summed E-state index contributed by atoms with van der Waals surface area (Å²) >= 11 is 0. The van der Waals surface area contributed by atoms with Gasteiger partial charge in [-0.25, -0.2) is 4.39 Å². The second-order valence-corrected chi connectivity index (χ2v) is 4.90. The molecule has 0 aliphatic rings. The molecule has 0 aliphatic carbocycles. The van der Waals surface area contributed by atoms with Crippen LogP contribution < -0.4 is 5.32 Å². The first-order valence-corrected chi connectivity index (χ1v) is 6.44. The van der Waals surface area contributed by atoms with Crippen LogP contribution in [0.15, 0.2) is 36.4 Å². The highest BCUT2D eigenvalue weighted by molar-refractivity contribution is 6.04. The zero-order chi connectivity index (χ0) is 16.5. The van der Waals surface area contributed by atoms with Crippen molar-refractivity contribution in [3.05, 3.63) is 64.5 Å². The average molecular weight is 311 g/mol. The van der Waals surface area contributed by atoms with E-state index >= 15 is 0 Å². The average Bonchev–Trinajstić information content (AvgIpc) is 2.44. The molecule has 0 aliphatic heterocycles. The molecule has 0 unspecified atom stereocenters. The van der Waals surface area contributed by atoms with Crippen LogP contribution in [0.5, 0.6) is 0 Å². The van der Waals surface area contributed by atoms with Crippen LogP contribution in [0.2, 0.25) is 0 Å². The number of hydrogen-bond donors (Lipinski definition) is 1. The second kappa shape index (κ2) is 5.79. The summed E-state index contributed by atoms with van der Waals surface area (Å²) in [6, 6.07) is 7.07. The summed E-state index contributed by atoms with van der Waals surface area (Å²) in [5.74, 6) is -1.47. The van der Waals surface area contributed by atoms with Crippen LogP contribution in [-0.4, -0.2) is 5.91 Å². The number of hydrogen-bond acceptors (Lipinski definition) is 1. The first-order chi connectivity index (χ1) is 10.2. The van der Waals surface area contributed by atoms with Crippen molar-refractivity contribution < 1.29 is 22.4 Å². The highest BCUT2D eigenvalue weighted by Gasteiger charge is 2.30. The van der Waals surface area contributed by atoms with Crippen LogP contribution in [-0.2, 0) is 6.18 Å². The molecule has 6 heteroatoms. The third-order valence-corrected chi connectivity index (χ3v) is 3.35. The molecule has 0 radical (unpaired) electrons. The van der Waals surface area contributed by atoms with Crippen molar-refractivity contribution in [3.63, 3.8) is 0 Å². The van der Waals surface area contributed by atoms with Crippen LogP contribution in [0.3, 0.4) is 0 Å². The lowest BCUT2D eigenvalue weighted by Gasteiger charge is -2.11. The molecule has 2 aromatic rings. The predicted molar refractivity (Wildman–Crippen MR) is 75.3 cm³/mol. The van der Waals surface area contributed by atoms with Gasteiger partial charge in [-0.2, -0.15) is 13.2 Å². The summed E-state index contributed by atoms with van der Waals surface area (Å²) in [6.07, 6.45) is -4.51. The largest absolute Gasteiger partial charge is 0.416 e. The van der Waals surface area contributed by atoms with E-state index in [1.807, 2.05) is 0 Å². The first kappa shape index (κ1) is 16.0. The van der Waals surface area contributed by atoms with E-state index in [4.69, 9.17) is 0 Å². The van der Waals surface area contributed by atoms with Crippen LogP contribution in [0.1, 0.15) is 27.0 Å². The maximum Gasteiger partial charge on any atom is 0.416 e. The molecule has 1 N–H and O–H groups in total. The first-order valence-electron chi connectivity index (χ1n) is 6.44. The van der Waals surface area contributed by atoms with Gasteiger partial charge in [-0.05, 0) is 49.2 Å². The molecule has 2 aromatic carbocycles. The molecule has 0 saturated heterocycles. The Hall–Kier alpha value is -2.37. The number of carbonyl (C=O) groups excluding carboxylic acids is 1. The van der Waals surface area contributed by atoms with Crippen molar-refractivity contribution in [3.8, 4) is 0 Å². The van der Waals surface area contributed by atoms with Gasteiger partial charge in [0, 0.05) is 5.69 Å². The molecule has 0 saturated carbocycles. The minimum absolute atomic E-state index is 0.0440. The Labute approximate surface area is 124 Å². The van der Waals surface area contributed by atoms with Gasteiger partial charge in [0.2, 0.25) is 0 Å². The lowest BCUT2D eigenvalue weighted by atomic mass is 10.0. The molecular weight excluding hydrogens is 298 g/mol. The van der Waals surface area contributed by atoms with Crippen molar-refractivity contribution in [1.82, 2.24) is 0 Å². The molecular formula is C16H13F4NO. The van der Waals surface area contributed by atoms with Crippen LogP contribution in [0.25, 0.3) is 0 Å². The number of rotatable bonds is 2. The van der Waals surface area contributed by atoms with Gasteiger partial charge in [-0.3, -0.25) is 4.79 Å². The molecule has 116 valence electrons. The summed E-state index contributed by atoms with van der Waals surface area (Å²) in [5.41, 5.74) is -0.117. The van der Waals surface area contributed by atoms with E-state index in [-0.39, 0.29) is 11.3 Å². The number of amides is 1. The third-order valence-electron chi connectivity index (χ3n) is 3.35. The number of benzene rings is 2. The number of aryl methyl sites for hydroxylation is 1. The number of nitrogens with one attached hydrogen (secondary N) is 1. The summed E-state index contributed by atoms with van der Waals surface area (Å²) in [7, 11) is 0. The Morgan fingerprint density at radius 3 is 2.41 bits per heavy atom. The van der Waals surface area contributed by atoms with E-state index in [9.17, 15) is 22.4 Å². The van der Waals surface area contributed by atoms with Gasteiger partial charge in [0.15, 0.2) is 0 Å². The van der Waals surface area contributed by atoms with Crippen molar-refractivity contribution in [2.24, 2.45) is 0 Å². The number of anilines is 1. The Morgan fingerprint density at radius 1 is 1.09 bits per heavy atom. The molecule has 0 heterocycles. The van der Waals surface area contributed by atoms with Gasteiger partial charge in [0.25, 0.3) is 5.91 Å².